The van der Waals surface area contributed by atoms with E-state index >= 15 is 0 Å². The second kappa shape index (κ2) is 5.80. The highest BCUT2D eigenvalue weighted by molar-refractivity contribution is 7.12. The monoisotopic (exact) mass is 284 g/mol. The molecule has 0 aliphatic heterocycles. The average molecular weight is 285 g/mol. The Kier molecular flexibility index (Phi) is 4.35. The topological polar surface area (TPSA) is 38.0 Å². The van der Waals surface area contributed by atoms with E-state index < -0.39 is 0 Å². The van der Waals surface area contributed by atoms with Gasteiger partial charge in [0.2, 0.25) is 0 Å². The number of nitrogens with one attached hydrogen (secondary N) is 1. The lowest BCUT2D eigenvalue weighted by Gasteiger charge is -2.15. The van der Waals surface area contributed by atoms with Crippen LogP contribution in [0, 0.1) is 5.82 Å². The molecule has 0 aliphatic carbocycles. The van der Waals surface area contributed by atoms with E-state index in [1.165, 1.54) is 10.9 Å². The van der Waals surface area contributed by atoms with Gasteiger partial charge in [-0.3, -0.25) is 5.84 Å². The van der Waals surface area contributed by atoms with Crippen molar-refractivity contribution in [1.82, 2.24) is 5.43 Å². The Bertz CT molecular complexity index is 542. The first-order valence-electron chi connectivity index (χ1n) is 5.65. The van der Waals surface area contributed by atoms with Crippen LogP contribution in [0.5, 0.6) is 0 Å². The summed E-state index contributed by atoms with van der Waals surface area (Å²) in [6.45, 7) is 2.09. The summed E-state index contributed by atoms with van der Waals surface area (Å²) < 4.78 is 13.9. The van der Waals surface area contributed by atoms with Crippen LogP contribution in [0.1, 0.15) is 28.3 Å². The first kappa shape index (κ1) is 13.5. The summed E-state index contributed by atoms with van der Waals surface area (Å²) in [7, 11) is 0. The lowest BCUT2D eigenvalue weighted by atomic mass is 10.1. The number of hydrazine groups is 1. The summed E-state index contributed by atoms with van der Waals surface area (Å²) in [4.78, 5) is 2.25. The fourth-order valence-electron chi connectivity index (χ4n) is 1.80. The summed E-state index contributed by atoms with van der Waals surface area (Å²) in [5.74, 6) is 5.20. The summed E-state index contributed by atoms with van der Waals surface area (Å²) in [5.41, 5.74) is 3.17. The van der Waals surface area contributed by atoms with Gasteiger partial charge >= 0.3 is 0 Å². The first-order valence-corrected chi connectivity index (χ1v) is 6.84. The van der Waals surface area contributed by atoms with Gasteiger partial charge < -0.3 is 0 Å². The van der Waals surface area contributed by atoms with Gasteiger partial charge in [0.1, 0.15) is 5.82 Å². The molecule has 1 unspecified atom stereocenters. The Morgan fingerprint density at radius 2 is 2.17 bits per heavy atom. The standard InChI is InChI=1S/C13H14ClFN2S/c1-2-9-4-6-12(18-9)13(17-16)10-5-3-8(14)7-11(10)15/h3-7,13,17H,2,16H2,1H3. The molecule has 2 rings (SSSR count). The zero-order chi connectivity index (χ0) is 13.1. The minimum atomic E-state index is -0.350. The Labute approximate surface area is 115 Å². The van der Waals surface area contributed by atoms with Crippen molar-refractivity contribution in [2.75, 3.05) is 0 Å². The van der Waals surface area contributed by atoms with Crippen LogP contribution >= 0.6 is 22.9 Å². The molecule has 0 spiro atoms. The van der Waals surface area contributed by atoms with Crippen molar-refractivity contribution in [3.63, 3.8) is 0 Å². The lowest BCUT2D eigenvalue weighted by Crippen LogP contribution is -2.28. The molecule has 0 fully saturated rings. The molecule has 1 aromatic carbocycles. The van der Waals surface area contributed by atoms with Crippen LogP contribution in [0.2, 0.25) is 5.02 Å². The smallest absolute Gasteiger partial charge is 0.129 e. The Morgan fingerprint density at radius 1 is 1.39 bits per heavy atom. The van der Waals surface area contributed by atoms with E-state index in [1.54, 1.807) is 23.5 Å². The number of nitrogens with two attached hydrogens (primary N) is 1. The van der Waals surface area contributed by atoms with Crippen molar-refractivity contribution in [2.24, 2.45) is 5.84 Å². The minimum absolute atomic E-state index is 0.340. The Morgan fingerprint density at radius 3 is 2.72 bits per heavy atom. The van der Waals surface area contributed by atoms with Gasteiger partial charge in [0.05, 0.1) is 6.04 Å². The van der Waals surface area contributed by atoms with Crippen LogP contribution in [0.3, 0.4) is 0 Å². The molecule has 1 heterocycles. The van der Waals surface area contributed by atoms with Crippen LogP contribution in [0.15, 0.2) is 30.3 Å². The molecule has 1 atom stereocenters. The maximum atomic E-state index is 13.9. The maximum absolute atomic E-state index is 13.9. The van der Waals surface area contributed by atoms with Crippen molar-refractivity contribution < 1.29 is 4.39 Å². The fourth-order valence-corrected chi connectivity index (χ4v) is 2.99. The van der Waals surface area contributed by atoms with Crippen molar-refractivity contribution in [3.8, 4) is 0 Å². The van der Waals surface area contributed by atoms with Gasteiger partial charge in [-0.1, -0.05) is 24.6 Å². The fraction of sp³-hybridized carbons (Fsp3) is 0.231. The molecule has 0 amide bonds. The highest BCUT2D eigenvalue weighted by Crippen LogP contribution is 2.30. The summed E-state index contributed by atoms with van der Waals surface area (Å²) in [6, 6.07) is 8.30. The lowest BCUT2D eigenvalue weighted by molar-refractivity contribution is 0.564. The van der Waals surface area contributed by atoms with E-state index in [-0.39, 0.29) is 11.9 Å². The number of hydrogen-bond donors (Lipinski definition) is 2. The Balaban J connectivity index is 2.38. The number of hydrogen-bond acceptors (Lipinski definition) is 3. The molecule has 0 aliphatic rings. The molecule has 0 saturated heterocycles. The molecule has 0 radical (unpaired) electrons. The highest BCUT2D eigenvalue weighted by atomic mass is 35.5. The number of benzene rings is 1. The van der Waals surface area contributed by atoms with E-state index in [4.69, 9.17) is 17.4 Å². The van der Waals surface area contributed by atoms with Crippen LogP contribution in [0.4, 0.5) is 4.39 Å². The predicted octanol–water partition coefficient (Wildman–Crippen LogP) is 3.66. The van der Waals surface area contributed by atoms with Crippen molar-refractivity contribution >= 4 is 22.9 Å². The molecule has 3 N–H and O–H groups in total. The van der Waals surface area contributed by atoms with Crippen LogP contribution in [-0.2, 0) is 6.42 Å². The largest absolute Gasteiger partial charge is 0.271 e. The zero-order valence-electron chi connectivity index (χ0n) is 9.91. The van der Waals surface area contributed by atoms with Crippen molar-refractivity contribution in [2.45, 2.75) is 19.4 Å². The molecule has 1 aromatic heterocycles. The number of rotatable bonds is 4. The summed E-state index contributed by atoms with van der Waals surface area (Å²) in [6.07, 6.45) is 0.963. The molecular weight excluding hydrogens is 271 g/mol. The number of aryl methyl sites for hydroxylation is 1. The van der Waals surface area contributed by atoms with E-state index in [2.05, 4.69) is 12.3 Å². The molecular formula is C13H14ClFN2S. The molecule has 0 saturated carbocycles. The van der Waals surface area contributed by atoms with Crippen molar-refractivity contribution in [1.29, 1.82) is 0 Å². The van der Waals surface area contributed by atoms with Gasteiger partial charge in [0, 0.05) is 20.3 Å². The molecule has 5 heteroatoms. The molecule has 0 bridgehead atoms. The number of thiophene rings is 1. The minimum Gasteiger partial charge on any atom is -0.271 e. The second-order valence-corrected chi connectivity index (χ2v) is 5.56. The molecule has 2 aromatic rings. The highest BCUT2D eigenvalue weighted by Gasteiger charge is 2.18. The van der Waals surface area contributed by atoms with Gasteiger partial charge in [0.15, 0.2) is 0 Å². The summed E-state index contributed by atoms with van der Waals surface area (Å²) in [5, 5.41) is 0.382. The molecule has 96 valence electrons. The molecule has 18 heavy (non-hydrogen) atoms. The third kappa shape index (κ3) is 2.72. The number of halogens is 2. The predicted molar refractivity (Wildman–Crippen MR) is 74.3 cm³/mol. The average Bonchev–Trinajstić information content (AvgIpc) is 2.81. The van der Waals surface area contributed by atoms with Gasteiger partial charge in [-0.05, 0) is 30.7 Å². The first-order chi connectivity index (χ1) is 8.65. The Hall–Kier alpha value is -0.940. The van der Waals surface area contributed by atoms with E-state index in [1.807, 2.05) is 12.1 Å². The molecule has 2 nitrogen and oxygen atoms in total. The van der Waals surface area contributed by atoms with Gasteiger partial charge in [-0.2, -0.15) is 0 Å². The van der Waals surface area contributed by atoms with E-state index in [9.17, 15) is 4.39 Å². The van der Waals surface area contributed by atoms with E-state index in [0.29, 0.717) is 10.6 Å². The van der Waals surface area contributed by atoms with Gasteiger partial charge in [0.25, 0.3) is 0 Å². The van der Waals surface area contributed by atoms with Gasteiger partial charge in [-0.15, -0.1) is 11.3 Å². The normalized spacial score (nSPS) is 12.7. The maximum Gasteiger partial charge on any atom is 0.129 e. The second-order valence-electron chi connectivity index (χ2n) is 3.92. The summed E-state index contributed by atoms with van der Waals surface area (Å²) >= 11 is 7.38. The van der Waals surface area contributed by atoms with Crippen molar-refractivity contribution in [3.05, 3.63) is 56.5 Å². The van der Waals surface area contributed by atoms with Crippen LogP contribution in [-0.4, -0.2) is 0 Å². The van der Waals surface area contributed by atoms with Crippen LogP contribution < -0.4 is 11.3 Å². The quantitative estimate of drug-likeness (QED) is 0.664. The van der Waals surface area contributed by atoms with E-state index in [0.717, 1.165) is 11.3 Å². The van der Waals surface area contributed by atoms with Gasteiger partial charge in [-0.25, -0.2) is 9.82 Å². The SMILES string of the molecule is CCc1ccc(C(NN)c2ccc(Cl)cc2F)s1. The third-order valence-electron chi connectivity index (χ3n) is 2.76. The zero-order valence-corrected chi connectivity index (χ0v) is 11.5. The third-order valence-corrected chi connectivity index (χ3v) is 4.29. The van der Waals surface area contributed by atoms with Crippen LogP contribution in [0.25, 0.3) is 0 Å².